The minimum atomic E-state index is -0.172. The molecule has 0 atom stereocenters. The van der Waals surface area contributed by atoms with Crippen LogP contribution in [0.4, 0.5) is 16.2 Å². The third kappa shape index (κ3) is 4.98. The molecular weight excluding hydrogens is 279 g/mol. The lowest BCUT2D eigenvalue weighted by Gasteiger charge is -2.11. The first-order valence-corrected chi connectivity index (χ1v) is 7.61. The molecule has 0 saturated heterocycles. The minimum absolute atomic E-state index is 0.172. The summed E-state index contributed by atoms with van der Waals surface area (Å²) in [6.07, 6.45) is 0.596. The highest BCUT2D eigenvalue weighted by Crippen LogP contribution is 2.11. The van der Waals surface area contributed by atoms with Crippen LogP contribution in [0.5, 0.6) is 0 Å². The van der Waals surface area contributed by atoms with Crippen molar-refractivity contribution in [3.63, 3.8) is 0 Å². The van der Waals surface area contributed by atoms with Crippen molar-refractivity contribution in [1.29, 1.82) is 0 Å². The van der Waals surface area contributed by atoms with Gasteiger partial charge in [-0.3, -0.25) is 0 Å². The molecule has 2 aromatic rings. The highest BCUT2D eigenvalue weighted by Gasteiger charge is 2.04. The fourth-order valence-electron chi connectivity index (χ4n) is 2.06. The predicted molar refractivity (Wildman–Crippen MR) is 88.7 cm³/mol. The first-order valence-electron chi connectivity index (χ1n) is 7.61. The van der Waals surface area contributed by atoms with E-state index in [1.54, 1.807) is 12.1 Å². The number of nitrogens with zero attached hydrogens (tertiary/aromatic N) is 2. The van der Waals surface area contributed by atoms with E-state index in [0.29, 0.717) is 30.4 Å². The van der Waals surface area contributed by atoms with Crippen LogP contribution in [0, 0.1) is 18.7 Å². The first kappa shape index (κ1) is 16.2. The van der Waals surface area contributed by atoms with Crippen LogP contribution in [0.2, 0.25) is 0 Å². The average molecular weight is 302 g/mol. The molecule has 0 spiro atoms. The molecule has 1 heterocycles. The van der Waals surface area contributed by atoms with Gasteiger partial charge in [-0.15, -0.1) is 0 Å². The lowest BCUT2D eigenvalue weighted by molar-refractivity contribution is 0.610. The van der Waals surface area contributed by atoms with E-state index in [1.807, 2.05) is 19.1 Å². The molecule has 0 unspecified atom stereocenters. The van der Waals surface area contributed by atoms with Gasteiger partial charge in [-0.2, -0.15) is 4.98 Å². The van der Waals surface area contributed by atoms with Crippen molar-refractivity contribution in [2.45, 2.75) is 27.2 Å². The molecular formula is C17H23FN4. The molecule has 1 aromatic carbocycles. The highest BCUT2D eigenvalue weighted by atomic mass is 19.1. The zero-order chi connectivity index (χ0) is 15.9. The SMILES string of the molecule is Cc1cc(NCC(C)C)nc(NCCc2ccccc2F)n1. The summed E-state index contributed by atoms with van der Waals surface area (Å²) < 4.78 is 13.6. The second kappa shape index (κ2) is 7.73. The molecule has 0 bridgehead atoms. The van der Waals surface area contributed by atoms with Crippen molar-refractivity contribution in [1.82, 2.24) is 9.97 Å². The molecule has 5 heteroatoms. The van der Waals surface area contributed by atoms with Crippen molar-refractivity contribution in [2.24, 2.45) is 5.92 Å². The highest BCUT2D eigenvalue weighted by molar-refractivity contribution is 5.42. The van der Waals surface area contributed by atoms with Gasteiger partial charge in [0.25, 0.3) is 0 Å². The third-order valence-corrected chi connectivity index (χ3v) is 3.18. The van der Waals surface area contributed by atoms with Gasteiger partial charge in [0, 0.05) is 24.8 Å². The predicted octanol–water partition coefficient (Wildman–Crippen LogP) is 3.65. The lowest BCUT2D eigenvalue weighted by Crippen LogP contribution is -2.13. The molecule has 2 N–H and O–H groups in total. The minimum Gasteiger partial charge on any atom is -0.370 e. The maximum absolute atomic E-state index is 13.6. The number of hydrogen-bond donors (Lipinski definition) is 2. The number of aryl methyl sites for hydroxylation is 1. The molecule has 0 aliphatic heterocycles. The molecule has 0 radical (unpaired) electrons. The second-order valence-corrected chi connectivity index (χ2v) is 5.76. The van der Waals surface area contributed by atoms with Gasteiger partial charge in [0.05, 0.1) is 0 Å². The average Bonchev–Trinajstić information content (AvgIpc) is 2.47. The van der Waals surface area contributed by atoms with Crippen molar-refractivity contribution >= 4 is 11.8 Å². The summed E-state index contributed by atoms with van der Waals surface area (Å²) in [7, 11) is 0. The van der Waals surface area contributed by atoms with Crippen molar-refractivity contribution in [2.75, 3.05) is 23.7 Å². The van der Waals surface area contributed by atoms with Gasteiger partial charge in [0.15, 0.2) is 0 Å². The number of rotatable bonds is 7. The van der Waals surface area contributed by atoms with E-state index in [-0.39, 0.29) is 5.82 Å². The Hall–Kier alpha value is -2.17. The molecule has 1 aromatic heterocycles. The summed E-state index contributed by atoms with van der Waals surface area (Å²) in [5, 5.41) is 6.45. The van der Waals surface area contributed by atoms with Gasteiger partial charge < -0.3 is 10.6 Å². The van der Waals surface area contributed by atoms with Gasteiger partial charge >= 0.3 is 0 Å². The van der Waals surface area contributed by atoms with Gasteiger partial charge in [-0.05, 0) is 30.9 Å². The summed E-state index contributed by atoms with van der Waals surface area (Å²) in [6, 6.07) is 8.73. The van der Waals surface area contributed by atoms with Gasteiger partial charge in [0.2, 0.25) is 5.95 Å². The van der Waals surface area contributed by atoms with Gasteiger partial charge in [-0.25, -0.2) is 9.37 Å². The van der Waals surface area contributed by atoms with E-state index in [1.165, 1.54) is 6.07 Å². The summed E-state index contributed by atoms with van der Waals surface area (Å²) in [4.78, 5) is 8.79. The third-order valence-electron chi connectivity index (χ3n) is 3.18. The molecule has 2 rings (SSSR count). The standard InChI is InChI=1S/C17H23FN4/c1-12(2)11-20-16-10-13(3)21-17(22-16)19-9-8-14-6-4-5-7-15(14)18/h4-7,10,12H,8-9,11H2,1-3H3,(H2,19,20,21,22). The Bertz CT molecular complexity index is 613. The van der Waals surface area contributed by atoms with Crippen molar-refractivity contribution < 1.29 is 4.39 Å². The van der Waals surface area contributed by atoms with Gasteiger partial charge in [0.1, 0.15) is 11.6 Å². The van der Waals surface area contributed by atoms with Crippen LogP contribution in [0.3, 0.4) is 0 Å². The molecule has 0 aliphatic carbocycles. The number of benzene rings is 1. The first-order chi connectivity index (χ1) is 10.5. The molecule has 0 aliphatic rings. The Morgan fingerprint density at radius 2 is 1.91 bits per heavy atom. The van der Waals surface area contributed by atoms with E-state index in [9.17, 15) is 4.39 Å². The summed E-state index contributed by atoms with van der Waals surface area (Å²) in [5.74, 6) is 1.76. The summed E-state index contributed by atoms with van der Waals surface area (Å²) >= 11 is 0. The van der Waals surface area contributed by atoms with Crippen LogP contribution >= 0.6 is 0 Å². The second-order valence-electron chi connectivity index (χ2n) is 5.76. The maximum Gasteiger partial charge on any atom is 0.224 e. The molecule has 118 valence electrons. The van der Waals surface area contributed by atoms with E-state index in [2.05, 4.69) is 34.4 Å². The Morgan fingerprint density at radius 3 is 2.64 bits per heavy atom. The van der Waals surface area contributed by atoms with Gasteiger partial charge in [-0.1, -0.05) is 32.0 Å². The Balaban J connectivity index is 1.93. The summed E-state index contributed by atoms with van der Waals surface area (Å²) in [6.45, 7) is 7.69. The fourth-order valence-corrected chi connectivity index (χ4v) is 2.06. The zero-order valence-corrected chi connectivity index (χ0v) is 13.4. The van der Waals surface area contributed by atoms with Crippen LogP contribution in [-0.4, -0.2) is 23.1 Å². The van der Waals surface area contributed by atoms with Crippen LogP contribution in [0.1, 0.15) is 25.1 Å². The van der Waals surface area contributed by atoms with Crippen LogP contribution in [0.25, 0.3) is 0 Å². The normalized spacial score (nSPS) is 10.8. The van der Waals surface area contributed by atoms with E-state index in [0.717, 1.165) is 18.1 Å². The van der Waals surface area contributed by atoms with E-state index in [4.69, 9.17) is 0 Å². The number of anilines is 2. The number of nitrogens with one attached hydrogen (secondary N) is 2. The monoisotopic (exact) mass is 302 g/mol. The molecule has 0 amide bonds. The summed E-state index contributed by atoms with van der Waals surface area (Å²) in [5.41, 5.74) is 1.59. The Labute approximate surface area is 131 Å². The van der Waals surface area contributed by atoms with Crippen molar-refractivity contribution in [3.05, 3.63) is 47.4 Å². The fraction of sp³-hybridized carbons (Fsp3) is 0.412. The molecule has 22 heavy (non-hydrogen) atoms. The quantitative estimate of drug-likeness (QED) is 0.820. The largest absolute Gasteiger partial charge is 0.370 e. The van der Waals surface area contributed by atoms with E-state index < -0.39 is 0 Å². The zero-order valence-electron chi connectivity index (χ0n) is 13.4. The Morgan fingerprint density at radius 1 is 1.14 bits per heavy atom. The van der Waals surface area contributed by atoms with Crippen LogP contribution < -0.4 is 10.6 Å². The smallest absolute Gasteiger partial charge is 0.224 e. The lowest BCUT2D eigenvalue weighted by atomic mass is 10.1. The van der Waals surface area contributed by atoms with Crippen LogP contribution in [0.15, 0.2) is 30.3 Å². The number of halogens is 1. The molecule has 0 fully saturated rings. The van der Waals surface area contributed by atoms with Crippen LogP contribution in [-0.2, 0) is 6.42 Å². The Kier molecular flexibility index (Phi) is 5.69. The number of aromatic nitrogens is 2. The number of hydrogen-bond acceptors (Lipinski definition) is 4. The van der Waals surface area contributed by atoms with E-state index >= 15 is 0 Å². The maximum atomic E-state index is 13.6. The van der Waals surface area contributed by atoms with Crippen molar-refractivity contribution in [3.8, 4) is 0 Å². The topological polar surface area (TPSA) is 49.8 Å². The molecule has 4 nitrogen and oxygen atoms in total. The molecule has 0 saturated carbocycles.